The predicted molar refractivity (Wildman–Crippen MR) is 88.1 cm³/mol. The highest BCUT2D eigenvalue weighted by Gasteiger charge is 2.15. The van der Waals surface area contributed by atoms with Crippen LogP contribution in [0.25, 0.3) is 0 Å². The van der Waals surface area contributed by atoms with E-state index in [1.165, 1.54) is 12.8 Å². The third-order valence-corrected chi connectivity index (χ3v) is 3.87. The van der Waals surface area contributed by atoms with E-state index in [0.717, 1.165) is 37.0 Å². The molecule has 1 saturated carbocycles. The SMILES string of the molecule is Cc1cc(Cl)ccc1NC(=O)C(=O)NN=C1CCCCCC1. The quantitative estimate of drug-likeness (QED) is 0.498. The zero-order chi connectivity index (χ0) is 15.9. The lowest BCUT2D eigenvalue weighted by Crippen LogP contribution is -2.33. The first-order valence-corrected chi connectivity index (χ1v) is 7.87. The molecule has 0 radical (unpaired) electrons. The van der Waals surface area contributed by atoms with Crippen molar-refractivity contribution < 1.29 is 9.59 Å². The van der Waals surface area contributed by atoms with Crippen LogP contribution in [0.3, 0.4) is 0 Å². The van der Waals surface area contributed by atoms with Gasteiger partial charge in [-0.05, 0) is 56.4 Å². The molecule has 5 nitrogen and oxygen atoms in total. The van der Waals surface area contributed by atoms with E-state index < -0.39 is 11.8 Å². The number of aryl methyl sites for hydroxylation is 1. The van der Waals surface area contributed by atoms with E-state index in [4.69, 9.17) is 11.6 Å². The number of hydrazone groups is 1. The maximum atomic E-state index is 11.9. The van der Waals surface area contributed by atoms with Gasteiger partial charge >= 0.3 is 11.8 Å². The van der Waals surface area contributed by atoms with Crippen LogP contribution in [-0.4, -0.2) is 17.5 Å². The van der Waals surface area contributed by atoms with E-state index in [0.29, 0.717) is 10.7 Å². The van der Waals surface area contributed by atoms with Crippen molar-refractivity contribution in [3.63, 3.8) is 0 Å². The molecule has 1 fully saturated rings. The average molecular weight is 322 g/mol. The zero-order valence-corrected chi connectivity index (χ0v) is 13.4. The van der Waals surface area contributed by atoms with Gasteiger partial charge in [0.15, 0.2) is 0 Å². The Hall–Kier alpha value is -1.88. The number of benzene rings is 1. The first-order valence-electron chi connectivity index (χ1n) is 7.49. The number of carbonyl (C=O) groups is 2. The molecular weight excluding hydrogens is 302 g/mol. The summed E-state index contributed by atoms with van der Waals surface area (Å²) in [7, 11) is 0. The van der Waals surface area contributed by atoms with Gasteiger partial charge in [-0.2, -0.15) is 5.10 Å². The van der Waals surface area contributed by atoms with Gasteiger partial charge < -0.3 is 5.32 Å². The van der Waals surface area contributed by atoms with Crippen molar-refractivity contribution in [2.24, 2.45) is 5.10 Å². The number of hydrogen-bond acceptors (Lipinski definition) is 3. The lowest BCUT2D eigenvalue weighted by molar-refractivity contribution is -0.136. The second-order valence-corrected chi connectivity index (χ2v) is 5.88. The molecule has 0 spiro atoms. The second kappa shape index (κ2) is 7.94. The van der Waals surface area contributed by atoms with E-state index in [2.05, 4.69) is 15.8 Å². The summed E-state index contributed by atoms with van der Waals surface area (Å²) in [5.74, 6) is -1.49. The molecule has 1 aliphatic rings. The van der Waals surface area contributed by atoms with Crippen LogP contribution in [0.15, 0.2) is 23.3 Å². The van der Waals surface area contributed by atoms with Crippen molar-refractivity contribution in [3.8, 4) is 0 Å². The molecule has 118 valence electrons. The number of hydrogen-bond donors (Lipinski definition) is 2. The fourth-order valence-electron chi connectivity index (χ4n) is 2.38. The monoisotopic (exact) mass is 321 g/mol. The molecule has 2 N–H and O–H groups in total. The predicted octanol–water partition coefficient (Wildman–Crippen LogP) is 3.41. The number of anilines is 1. The van der Waals surface area contributed by atoms with Gasteiger partial charge in [-0.1, -0.05) is 24.4 Å². The molecule has 22 heavy (non-hydrogen) atoms. The molecular formula is C16H20ClN3O2. The molecule has 0 bridgehead atoms. The summed E-state index contributed by atoms with van der Waals surface area (Å²) in [5, 5.41) is 7.22. The summed E-state index contributed by atoms with van der Waals surface area (Å²) in [5.41, 5.74) is 4.66. The summed E-state index contributed by atoms with van der Waals surface area (Å²) >= 11 is 5.86. The van der Waals surface area contributed by atoms with Gasteiger partial charge in [-0.15, -0.1) is 0 Å². The van der Waals surface area contributed by atoms with Gasteiger partial charge in [0.05, 0.1) is 0 Å². The smallest absolute Gasteiger partial charge is 0.317 e. The summed E-state index contributed by atoms with van der Waals surface area (Å²) in [6, 6.07) is 5.05. The Morgan fingerprint density at radius 3 is 2.41 bits per heavy atom. The zero-order valence-electron chi connectivity index (χ0n) is 12.6. The number of halogens is 1. The number of carbonyl (C=O) groups excluding carboxylic acids is 2. The minimum absolute atomic E-state index is 0.562. The van der Waals surface area contributed by atoms with Crippen molar-refractivity contribution in [3.05, 3.63) is 28.8 Å². The van der Waals surface area contributed by atoms with Crippen LogP contribution >= 0.6 is 11.6 Å². The van der Waals surface area contributed by atoms with Gasteiger partial charge in [0.25, 0.3) is 0 Å². The highest BCUT2D eigenvalue weighted by atomic mass is 35.5. The first kappa shape index (κ1) is 16.5. The van der Waals surface area contributed by atoms with Crippen LogP contribution in [0.4, 0.5) is 5.69 Å². The van der Waals surface area contributed by atoms with E-state index in [1.807, 2.05) is 6.92 Å². The molecule has 6 heteroatoms. The summed E-state index contributed by atoms with van der Waals surface area (Å²) in [4.78, 5) is 23.7. The fraction of sp³-hybridized carbons (Fsp3) is 0.438. The topological polar surface area (TPSA) is 70.6 Å². The van der Waals surface area contributed by atoms with Crippen molar-refractivity contribution >= 4 is 34.8 Å². The first-order chi connectivity index (χ1) is 10.6. The van der Waals surface area contributed by atoms with Crippen molar-refractivity contribution in [2.45, 2.75) is 45.4 Å². The second-order valence-electron chi connectivity index (χ2n) is 5.45. The van der Waals surface area contributed by atoms with E-state index in [-0.39, 0.29) is 0 Å². The Morgan fingerprint density at radius 2 is 1.77 bits per heavy atom. The minimum Gasteiger partial charge on any atom is -0.317 e. The van der Waals surface area contributed by atoms with Crippen molar-refractivity contribution in [1.29, 1.82) is 0 Å². The fourth-order valence-corrected chi connectivity index (χ4v) is 2.60. The van der Waals surface area contributed by atoms with Gasteiger partial charge in [-0.3, -0.25) is 9.59 Å². The number of nitrogens with one attached hydrogen (secondary N) is 2. The molecule has 1 aromatic rings. The van der Waals surface area contributed by atoms with Gasteiger partial charge in [0.1, 0.15) is 0 Å². The highest BCUT2D eigenvalue weighted by Crippen LogP contribution is 2.19. The van der Waals surface area contributed by atoms with Gasteiger partial charge in [0, 0.05) is 16.4 Å². The Kier molecular flexibility index (Phi) is 5.95. The Labute approximate surface area is 135 Å². The number of amides is 2. The Morgan fingerprint density at radius 1 is 1.09 bits per heavy atom. The lowest BCUT2D eigenvalue weighted by Gasteiger charge is -2.08. The molecule has 0 aromatic heterocycles. The maximum absolute atomic E-state index is 11.9. The Balaban J connectivity index is 1.91. The minimum atomic E-state index is -0.758. The molecule has 0 unspecified atom stereocenters. The van der Waals surface area contributed by atoms with E-state index >= 15 is 0 Å². The largest absolute Gasteiger partial charge is 0.329 e. The van der Waals surface area contributed by atoms with E-state index in [1.54, 1.807) is 18.2 Å². The van der Waals surface area contributed by atoms with Crippen LogP contribution in [0.1, 0.15) is 44.1 Å². The van der Waals surface area contributed by atoms with Crippen LogP contribution < -0.4 is 10.7 Å². The third-order valence-electron chi connectivity index (χ3n) is 3.64. The number of rotatable bonds is 2. The molecule has 2 rings (SSSR count). The Bertz CT molecular complexity index is 589. The molecule has 2 amide bonds. The molecule has 0 heterocycles. The molecule has 0 saturated heterocycles. The number of nitrogens with zero attached hydrogens (tertiary/aromatic N) is 1. The molecule has 0 atom stereocenters. The average Bonchev–Trinajstić information content (AvgIpc) is 2.76. The lowest BCUT2D eigenvalue weighted by atomic mass is 10.2. The summed E-state index contributed by atoms with van der Waals surface area (Å²) in [6.07, 6.45) is 6.35. The van der Waals surface area contributed by atoms with Crippen molar-refractivity contribution in [2.75, 3.05) is 5.32 Å². The normalized spacial score (nSPS) is 14.9. The van der Waals surface area contributed by atoms with E-state index in [9.17, 15) is 9.59 Å². The maximum Gasteiger partial charge on any atom is 0.329 e. The third kappa shape index (κ3) is 4.84. The van der Waals surface area contributed by atoms with Crippen molar-refractivity contribution in [1.82, 2.24) is 5.43 Å². The molecule has 0 aliphatic heterocycles. The van der Waals surface area contributed by atoms with Gasteiger partial charge in [-0.25, -0.2) is 5.43 Å². The van der Waals surface area contributed by atoms with Crippen LogP contribution in [0.2, 0.25) is 5.02 Å². The summed E-state index contributed by atoms with van der Waals surface area (Å²) in [6.45, 7) is 1.81. The standard InChI is InChI=1S/C16H20ClN3O2/c1-11-10-12(17)8-9-14(11)18-15(21)16(22)20-19-13-6-4-2-3-5-7-13/h8-10H,2-7H2,1H3,(H,18,21)(H,20,22). The highest BCUT2D eigenvalue weighted by molar-refractivity contribution is 6.39. The van der Waals surface area contributed by atoms with Crippen LogP contribution in [-0.2, 0) is 9.59 Å². The molecule has 1 aromatic carbocycles. The van der Waals surface area contributed by atoms with Crippen LogP contribution in [0.5, 0.6) is 0 Å². The van der Waals surface area contributed by atoms with Crippen LogP contribution in [0, 0.1) is 6.92 Å². The summed E-state index contributed by atoms with van der Waals surface area (Å²) < 4.78 is 0. The molecule has 1 aliphatic carbocycles. The van der Waals surface area contributed by atoms with Gasteiger partial charge in [0.2, 0.25) is 0 Å².